The zero-order chi connectivity index (χ0) is 24.8. The summed E-state index contributed by atoms with van der Waals surface area (Å²) in [6.07, 6.45) is 16.3. The number of amides is 2. The number of rotatable bonds is 3. The predicted molar refractivity (Wildman–Crippen MR) is 135 cm³/mol. The summed E-state index contributed by atoms with van der Waals surface area (Å²) in [6, 6.07) is -1.09. The lowest BCUT2D eigenvalue weighted by Gasteiger charge is -2.41. The first kappa shape index (κ1) is 24.9. The van der Waals surface area contributed by atoms with Gasteiger partial charge in [-0.3, -0.25) is 14.4 Å². The van der Waals surface area contributed by atoms with Crippen molar-refractivity contribution in [2.45, 2.75) is 92.8 Å². The Hall–Kier alpha value is -1.80. The predicted octanol–water partition coefficient (Wildman–Crippen LogP) is 3.07. The van der Waals surface area contributed by atoms with Crippen molar-refractivity contribution in [2.24, 2.45) is 11.8 Å². The molecule has 0 radical (unpaired) electrons. The first-order valence-electron chi connectivity index (χ1n) is 13.3. The molecule has 2 amide bonds. The second-order valence-corrected chi connectivity index (χ2v) is 12.8. The molecule has 1 saturated carbocycles. The zero-order valence-corrected chi connectivity index (χ0v) is 21.7. The summed E-state index contributed by atoms with van der Waals surface area (Å²) in [7, 11) is 0. The Kier molecular flexibility index (Phi) is 6.81. The van der Waals surface area contributed by atoms with Gasteiger partial charge in [-0.15, -0.1) is 11.8 Å². The molecule has 3 fully saturated rings. The molecule has 2 saturated heterocycles. The van der Waals surface area contributed by atoms with E-state index in [0.29, 0.717) is 13.2 Å². The molecule has 6 atom stereocenters. The largest absolute Gasteiger partial charge is 0.465 e. The third-order valence-corrected chi connectivity index (χ3v) is 10.5. The summed E-state index contributed by atoms with van der Waals surface area (Å²) in [5.74, 6) is -2.02. The molecule has 4 aliphatic heterocycles. The van der Waals surface area contributed by atoms with Crippen LogP contribution in [0.25, 0.3) is 0 Å². The molecule has 8 heteroatoms. The van der Waals surface area contributed by atoms with Crippen LogP contribution < -0.4 is 0 Å². The Bertz CT molecular complexity index is 931. The maximum absolute atomic E-state index is 14.3. The van der Waals surface area contributed by atoms with Crippen LogP contribution in [0.3, 0.4) is 0 Å². The third-order valence-electron chi connectivity index (χ3n) is 8.72. The third kappa shape index (κ3) is 3.95. The number of hydrogen-bond donors (Lipinski definition) is 1. The van der Waals surface area contributed by atoms with Crippen molar-refractivity contribution < 1.29 is 24.2 Å². The van der Waals surface area contributed by atoms with Crippen molar-refractivity contribution in [1.29, 1.82) is 0 Å². The number of likely N-dealkylation sites (tertiary alicyclic amines) is 1. The highest BCUT2D eigenvalue weighted by atomic mass is 32.2. The maximum Gasteiger partial charge on any atom is 0.311 e. The molecule has 0 aromatic heterocycles. The summed E-state index contributed by atoms with van der Waals surface area (Å²) >= 11 is 1.58. The lowest BCUT2D eigenvalue weighted by Crippen LogP contribution is -2.57. The monoisotopic (exact) mass is 502 g/mol. The molecule has 5 rings (SSSR count). The molecule has 192 valence electrons. The van der Waals surface area contributed by atoms with E-state index in [4.69, 9.17) is 4.74 Å². The van der Waals surface area contributed by atoms with Gasteiger partial charge in [-0.05, 0) is 46.0 Å². The van der Waals surface area contributed by atoms with Gasteiger partial charge in [0.15, 0.2) is 0 Å². The normalized spacial score (nSPS) is 40.0. The molecular formula is C27H38N2O5S. The average Bonchev–Trinajstić information content (AvgIpc) is 3.19. The van der Waals surface area contributed by atoms with Gasteiger partial charge in [0.2, 0.25) is 11.8 Å². The molecule has 35 heavy (non-hydrogen) atoms. The molecular weight excluding hydrogens is 464 g/mol. The molecule has 1 spiro atoms. The molecule has 5 aliphatic rings. The van der Waals surface area contributed by atoms with E-state index >= 15 is 0 Å². The van der Waals surface area contributed by atoms with Crippen LogP contribution in [0.15, 0.2) is 24.3 Å². The van der Waals surface area contributed by atoms with Crippen LogP contribution in [0.4, 0.5) is 0 Å². The van der Waals surface area contributed by atoms with Gasteiger partial charge in [0.1, 0.15) is 6.04 Å². The number of aliphatic hydroxyl groups excluding tert-OH is 1. The van der Waals surface area contributed by atoms with E-state index in [1.807, 2.05) is 17.9 Å². The van der Waals surface area contributed by atoms with Gasteiger partial charge in [-0.1, -0.05) is 43.6 Å². The fourth-order valence-corrected chi connectivity index (χ4v) is 9.18. The van der Waals surface area contributed by atoms with E-state index in [1.54, 1.807) is 23.6 Å². The minimum atomic E-state index is -0.877. The van der Waals surface area contributed by atoms with Crippen molar-refractivity contribution in [3.8, 4) is 0 Å². The van der Waals surface area contributed by atoms with Gasteiger partial charge >= 0.3 is 5.97 Å². The number of aliphatic hydroxyl groups is 1. The van der Waals surface area contributed by atoms with Crippen LogP contribution in [0, 0.1) is 11.8 Å². The van der Waals surface area contributed by atoms with Crippen molar-refractivity contribution in [2.75, 3.05) is 19.8 Å². The van der Waals surface area contributed by atoms with Gasteiger partial charge < -0.3 is 19.6 Å². The van der Waals surface area contributed by atoms with Crippen LogP contribution in [0.2, 0.25) is 0 Å². The highest BCUT2D eigenvalue weighted by Gasteiger charge is 2.74. The van der Waals surface area contributed by atoms with Gasteiger partial charge in [0.25, 0.3) is 0 Å². The molecule has 0 aromatic rings. The fourth-order valence-electron chi connectivity index (χ4n) is 7.04. The minimum absolute atomic E-state index is 0.0461. The topological polar surface area (TPSA) is 87.2 Å². The van der Waals surface area contributed by atoms with Crippen molar-refractivity contribution in [1.82, 2.24) is 9.80 Å². The van der Waals surface area contributed by atoms with E-state index < -0.39 is 33.4 Å². The number of hydrogen-bond acceptors (Lipinski definition) is 6. The number of cyclic esters (lactones) is 1. The van der Waals surface area contributed by atoms with Crippen LogP contribution in [0.1, 0.15) is 65.2 Å². The van der Waals surface area contributed by atoms with Gasteiger partial charge in [0.05, 0.1) is 35.8 Å². The number of allylic oxidation sites excluding steroid dienone is 1. The number of thioether (sulfide) groups is 1. The Labute approximate surface area is 212 Å². The standard InChI is InChI=1S/C27H38N2O5S/c1-18(17-30)29-22-24(32)28(19-11-6-5-7-12-19)15-10-14-27(22)20(23(29)31)21-25(33)34-16-9-4-3-8-13-26(21,2)35-27/h8,10,13-14,18-22,30H,3-7,9,11-12,15-17H2,1-2H3/b13-8-/t18-,20+,21-,22?,26+,27+/m1/s1. The van der Waals surface area contributed by atoms with E-state index in [9.17, 15) is 19.5 Å². The van der Waals surface area contributed by atoms with Crippen molar-refractivity contribution >= 4 is 29.5 Å². The Morgan fingerprint density at radius 3 is 2.57 bits per heavy atom. The van der Waals surface area contributed by atoms with Gasteiger partial charge in [0, 0.05) is 17.3 Å². The van der Waals surface area contributed by atoms with E-state index in [0.717, 1.165) is 44.9 Å². The summed E-state index contributed by atoms with van der Waals surface area (Å²) in [6.45, 7) is 4.44. The molecule has 0 aromatic carbocycles. The smallest absolute Gasteiger partial charge is 0.311 e. The maximum atomic E-state index is 14.3. The first-order chi connectivity index (χ1) is 16.8. The van der Waals surface area contributed by atoms with Gasteiger partial charge in [-0.2, -0.15) is 0 Å². The van der Waals surface area contributed by atoms with Crippen LogP contribution >= 0.6 is 11.8 Å². The fraction of sp³-hybridized carbons (Fsp3) is 0.741. The molecule has 1 aliphatic carbocycles. The van der Waals surface area contributed by atoms with Crippen LogP contribution in [-0.4, -0.2) is 80.1 Å². The molecule has 1 N–H and O–H groups in total. The Morgan fingerprint density at radius 2 is 1.83 bits per heavy atom. The lowest BCUT2D eigenvalue weighted by molar-refractivity contribution is -0.154. The van der Waals surface area contributed by atoms with Crippen LogP contribution in [0.5, 0.6) is 0 Å². The first-order valence-corrected chi connectivity index (χ1v) is 14.1. The Morgan fingerprint density at radius 1 is 1.06 bits per heavy atom. The second-order valence-electron chi connectivity index (χ2n) is 11.0. The highest BCUT2D eigenvalue weighted by Crippen LogP contribution is 2.65. The highest BCUT2D eigenvalue weighted by molar-refractivity contribution is 8.02. The number of esters is 1. The van der Waals surface area contributed by atoms with Crippen molar-refractivity contribution in [3.63, 3.8) is 0 Å². The summed E-state index contributed by atoms with van der Waals surface area (Å²) in [5, 5.41) is 10.1. The quantitative estimate of drug-likeness (QED) is 0.472. The van der Waals surface area contributed by atoms with Crippen molar-refractivity contribution in [3.05, 3.63) is 24.3 Å². The van der Waals surface area contributed by atoms with Crippen LogP contribution in [-0.2, 0) is 19.1 Å². The van der Waals surface area contributed by atoms with E-state index in [2.05, 4.69) is 18.2 Å². The van der Waals surface area contributed by atoms with E-state index in [1.165, 1.54) is 6.42 Å². The molecule has 7 nitrogen and oxygen atoms in total. The molecule has 4 heterocycles. The number of carbonyl (C=O) groups is 3. The SMILES string of the molecule is C[C@H](CO)N1C(=O)[C@@H]2[C@@H]3C(=O)OCCCC/C=C\[C@]3(C)S[C@@]23C=CCN(C2CCCCC2)C(=O)C13. The Balaban J connectivity index is 1.62. The lowest BCUT2D eigenvalue weighted by atomic mass is 9.74. The number of nitrogens with zero attached hydrogens (tertiary/aromatic N) is 2. The number of fused-ring (bicyclic) bond motifs is 2. The minimum Gasteiger partial charge on any atom is -0.465 e. The summed E-state index contributed by atoms with van der Waals surface area (Å²) in [4.78, 5) is 45.5. The summed E-state index contributed by atoms with van der Waals surface area (Å²) < 4.78 is 4.16. The van der Waals surface area contributed by atoms with Gasteiger partial charge in [-0.25, -0.2) is 0 Å². The number of carbonyl (C=O) groups excluding carboxylic acids is 3. The molecule has 0 bridgehead atoms. The van der Waals surface area contributed by atoms with E-state index in [-0.39, 0.29) is 30.4 Å². The zero-order valence-electron chi connectivity index (χ0n) is 20.9. The second kappa shape index (κ2) is 9.58. The average molecular weight is 503 g/mol. The number of ether oxygens (including phenoxy) is 1. The summed E-state index contributed by atoms with van der Waals surface area (Å²) in [5.41, 5.74) is 0. The molecule has 1 unspecified atom stereocenters.